The lowest BCUT2D eigenvalue weighted by molar-refractivity contribution is 0.0957. The summed E-state index contributed by atoms with van der Waals surface area (Å²) in [5.74, 6) is -0.0174. The van der Waals surface area contributed by atoms with Gasteiger partial charge in [0, 0.05) is 23.4 Å². The van der Waals surface area contributed by atoms with Crippen LogP contribution in [0.2, 0.25) is 0 Å². The maximum atomic E-state index is 11.9. The number of carbonyl (C=O) groups is 2. The summed E-state index contributed by atoms with van der Waals surface area (Å²) in [5, 5.41) is 2.76. The Labute approximate surface area is 128 Å². The Morgan fingerprint density at radius 1 is 1.29 bits per heavy atom. The smallest absolute Gasteiger partial charge is 0.251 e. The van der Waals surface area contributed by atoms with Crippen molar-refractivity contribution in [3.05, 3.63) is 69.9 Å². The van der Waals surface area contributed by atoms with Gasteiger partial charge in [-0.2, -0.15) is 0 Å². The fourth-order valence-electron chi connectivity index (χ4n) is 1.95. The van der Waals surface area contributed by atoms with Crippen molar-refractivity contribution < 1.29 is 9.59 Å². The minimum absolute atomic E-state index is 0.0869. The van der Waals surface area contributed by atoms with Crippen molar-refractivity contribution in [3.8, 4) is 0 Å². The fourth-order valence-corrected chi connectivity index (χ4v) is 2.89. The van der Waals surface area contributed by atoms with Gasteiger partial charge in [-0.1, -0.05) is 18.2 Å². The van der Waals surface area contributed by atoms with Crippen LogP contribution in [0, 0.1) is 0 Å². The molecule has 3 nitrogen and oxygen atoms in total. The van der Waals surface area contributed by atoms with Crippen LogP contribution in [-0.4, -0.2) is 18.2 Å². The molecule has 0 radical (unpaired) electrons. The lowest BCUT2D eigenvalue weighted by Crippen LogP contribution is -2.23. The average molecular weight is 299 g/mol. The monoisotopic (exact) mass is 299 g/mol. The first-order valence-corrected chi connectivity index (χ1v) is 7.49. The number of Topliss-reactive ketones (excluding diaryl/α,β-unsaturated/α-hetero) is 1. The number of rotatable bonds is 6. The van der Waals surface area contributed by atoms with E-state index in [1.807, 2.05) is 30.3 Å². The first-order valence-electron chi connectivity index (χ1n) is 6.68. The van der Waals surface area contributed by atoms with Gasteiger partial charge in [0.25, 0.3) is 5.91 Å². The van der Waals surface area contributed by atoms with Gasteiger partial charge in [-0.15, -0.1) is 17.9 Å². The summed E-state index contributed by atoms with van der Waals surface area (Å²) in [4.78, 5) is 25.1. The summed E-state index contributed by atoms with van der Waals surface area (Å²) in [6.45, 7) is 5.60. The largest absolute Gasteiger partial charge is 0.349 e. The fraction of sp³-hybridized carbons (Fsp3) is 0.176. The predicted octanol–water partition coefficient (Wildman–Crippen LogP) is 3.46. The first kappa shape index (κ1) is 15.2. The minimum Gasteiger partial charge on any atom is -0.349 e. The molecule has 2 rings (SSSR count). The number of carbonyl (C=O) groups excluding carboxylic acids is 2. The van der Waals surface area contributed by atoms with Crippen LogP contribution in [0.4, 0.5) is 0 Å². The zero-order chi connectivity index (χ0) is 15.2. The van der Waals surface area contributed by atoms with Crippen LogP contribution in [0.15, 0.2) is 49.1 Å². The molecule has 21 heavy (non-hydrogen) atoms. The summed E-state index contributed by atoms with van der Waals surface area (Å²) in [7, 11) is 0. The summed E-state index contributed by atoms with van der Waals surface area (Å²) in [5.41, 5.74) is 1.69. The van der Waals surface area contributed by atoms with Crippen LogP contribution >= 0.6 is 11.3 Å². The van der Waals surface area contributed by atoms with Crippen molar-refractivity contribution in [1.82, 2.24) is 5.32 Å². The Morgan fingerprint density at radius 2 is 2.10 bits per heavy atom. The van der Waals surface area contributed by atoms with Gasteiger partial charge in [-0.25, -0.2) is 0 Å². The molecule has 1 heterocycles. The summed E-state index contributed by atoms with van der Waals surface area (Å²) in [6, 6.07) is 11.3. The molecule has 0 bridgehead atoms. The van der Waals surface area contributed by atoms with Gasteiger partial charge in [0.1, 0.15) is 0 Å². The summed E-state index contributed by atoms with van der Waals surface area (Å²) < 4.78 is 0. The average Bonchev–Trinajstić information content (AvgIpc) is 2.94. The maximum absolute atomic E-state index is 11.9. The molecule has 108 valence electrons. The lowest BCUT2D eigenvalue weighted by atomic mass is 10.1. The Hall–Kier alpha value is -2.20. The van der Waals surface area contributed by atoms with Gasteiger partial charge in [0.15, 0.2) is 5.78 Å². The van der Waals surface area contributed by atoms with Gasteiger partial charge in [-0.05, 0) is 36.8 Å². The standard InChI is InChI=1S/C17H17NO2S/c1-3-9-18-17(20)14-6-4-5-13(10-14)11-15-7-8-16(21-15)12(2)19/h3-8,10H,1,9,11H2,2H3,(H,18,20). The molecule has 0 fully saturated rings. The number of hydrogen-bond acceptors (Lipinski definition) is 3. The van der Waals surface area contributed by atoms with Crippen molar-refractivity contribution in [2.24, 2.45) is 0 Å². The van der Waals surface area contributed by atoms with Crippen LogP contribution < -0.4 is 5.32 Å². The molecule has 0 atom stereocenters. The molecule has 1 aromatic heterocycles. The van der Waals surface area contributed by atoms with E-state index in [-0.39, 0.29) is 11.7 Å². The summed E-state index contributed by atoms with van der Waals surface area (Å²) in [6.07, 6.45) is 2.37. The zero-order valence-electron chi connectivity index (χ0n) is 11.9. The van der Waals surface area contributed by atoms with Crippen LogP contribution in [-0.2, 0) is 6.42 Å². The number of nitrogens with one attached hydrogen (secondary N) is 1. The molecule has 0 aliphatic carbocycles. The molecule has 0 spiro atoms. The number of thiophene rings is 1. The summed E-state index contributed by atoms with van der Waals surface area (Å²) >= 11 is 1.50. The lowest BCUT2D eigenvalue weighted by Gasteiger charge is -2.05. The van der Waals surface area contributed by atoms with Gasteiger partial charge < -0.3 is 5.32 Å². The molecular formula is C17H17NO2S. The molecule has 1 aromatic carbocycles. The van der Waals surface area contributed by atoms with Crippen LogP contribution in [0.1, 0.15) is 37.4 Å². The second-order valence-electron chi connectivity index (χ2n) is 4.70. The third-order valence-corrected chi connectivity index (χ3v) is 4.17. The number of ketones is 1. The molecular weight excluding hydrogens is 282 g/mol. The van der Waals surface area contributed by atoms with Crippen LogP contribution in [0.5, 0.6) is 0 Å². The van der Waals surface area contributed by atoms with Gasteiger partial charge in [0.2, 0.25) is 0 Å². The van der Waals surface area contributed by atoms with Gasteiger partial charge in [-0.3, -0.25) is 9.59 Å². The second-order valence-corrected chi connectivity index (χ2v) is 5.87. The van der Waals surface area contributed by atoms with E-state index in [9.17, 15) is 9.59 Å². The maximum Gasteiger partial charge on any atom is 0.251 e. The highest BCUT2D eigenvalue weighted by atomic mass is 32.1. The van der Waals surface area contributed by atoms with Crippen molar-refractivity contribution >= 4 is 23.0 Å². The van der Waals surface area contributed by atoms with E-state index in [1.165, 1.54) is 11.3 Å². The Morgan fingerprint density at radius 3 is 2.76 bits per heavy atom. The third kappa shape index (κ3) is 4.13. The molecule has 0 aliphatic rings. The van der Waals surface area contributed by atoms with E-state index >= 15 is 0 Å². The van der Waals surface area contributed by atoms with E-state index in [2.05, 4.69) is 11.9 Å². The van der Waals surface area contributed by atoms with E-state index in [1.54, 1.807) is 19.1 Å². The van der Waals surface area contributed by atoms with Crippen molar-refractivity contribution in [2.75, 3.05) is 6.54 Å². The topological polar surface area (TPSA) is 46.2 Å². The van der Waals surface area contributed by atoms with E-state index < -0.39 is 0 Å². The van der Waals surface area contributed by atoms with Crippen molar-refractivity contribution in [3.63, 3.8) is 0 Å². The Kier molecular flexibility index (Phi) is 5.06. The van der Waals surface area contributed by atoms with Crippen molar-refractivity contribution in [2.45, 2.75) is 13.3 Å². The molecule has 0 aliphatic heterocycles. The molecule has 2 aromatic rings. The van der Waals surface area contributed by atoms with E-state index in [0.717, 1.165) is 21.7 Å². The molecule has 0 unspecified atom stereocenters. The van der Waals surface area contributed by atoms with Crippen LogP contribution in [0.25, 0.3) is 0 Å². The van der Waals surface area contributed by atoms with E-state index in [0.29, 0.717) is 12.1 Å². The Balaban J connectivity index is 2.11. The zero-order valence-corrected chi connectivity index (χ0v) is 12.7. The van der Waals surface area contributed by atoms with E-state index in [4.69, 9.17) is 0 Å². The highest BCUT2D eigenvalue weighted by molar-refractivity contribution is 7.14. The van der Waals surface area contributed by atoms with Crippen molar-refractivity contribution in [1.29, 1.82) is 0 Å². The quantitative estimate of drug-likeness (QED) is 0.656. The first-order chi connectivity index (χ1) is 10.1. The predicted molar refractivity (Wildman–Crippen MR) is 86.1 cm³/mol. The van der Waals surface area contributed by atoms with Gasteiger partial charge in [0.05, 0.1) is 4.88 Å². The third-order valence-electron chi connectivity index (χ3n) is 2.98. The number of hydrogen-bond donors (Lipinski definition) is 1. The number of benzene rings is 1. The highest BCUT2D eigenvalue weighted by Gasteiger charge is 2.08. The van der Waals surface area contributed by atoms with Crippen LogP contribution in [0.3, 0.4) is 0 Å². The van der Waals surface area contributed by atoms with Gasteiger partial charge >= 0.3 is 0 Å². The molecule has 1 N–H and O–H groups in total. The minimum atomic E-state index is -0.104. The number of amides is 1. The molecule has 4 heteroatoms. The molecule has 0 saturated carbocycles. The Bertz CT molecular complexity index is 673. The molecule has 1 amide bonds. The normalized spacial score (nSPS) is 10.1. The SMILES string of the molecule is C=CCNC(=O)c1cccc(Cc2ccc(C(C)=O)s2)c1. The highest BCUT2D eigenvalue weighted by Crippen LogP contribution is 2.20. The molecule has 0 saturated heterocycles. The second kappa shape index (κ2) is 6.99.